The zero-order chi connectivity index (χ0) is 22.2. The largest absolute Gasteiger partial charge is 0.492 e. The highest BCUT2D eigenvalue weighted by Crippen LogP contribution is 2.34. The lowest BCUT2D eigenvalue weighted by atomic mass is 10.2. The predicted octanol–water partition coefficient (Wildman–Crippen LogP) is 5.47. The molecular formula is C24H31N3O2S2. The van der Waals surface area contributed by atoms with Gasteiger partial charge in [0.25, 0.3) is 0 Å². The number of benzene rings is 2. The van der Waals surface area contributed by atoms with E-state index >= 15 is 0 Å². The number of anilines is 1. The standard InChI is InChI=1S/C24H31N3O2S2/c1-5-29-20-8-6-9-21-23(20)25-24(31-21)27(16-7-15-26(3)4)22(28)14-17-30-19-12-10-18(2)11-13-19/h6,8-13H,5,7,14-17H2,1-4H3. The van der Waals surface area contributed by atoms with Crippen molar-refractivity contribution in [3.05, 3.63) is 48.0 Å². The van der Waals surface area contributed by atoms with Gasteiger partial charge in [0.1, 0.15) is 11.3 Å². The minimum Gasteiger partial charge on any atom is -0.492 e. The minimum atomic E-state index is 0.121. The van der Waals surface area contributed by atoms with Crippen LogP contribution >= 0.6 is 23.1 Å². The zero-order valence-electron chi connectivity index (χ0n) is 18.8. The number of hydrogen-bond acceptors (Lipinski definition) is 6. The first kappa shape index (κ1) is 23.6. The third-order valence-electron chi connectivity index (χ3n) is 4.80. The molecule has 1 amide bonds. The molecule has 0 unspecified atom stereocenters. The van der Waals surface area contributed by atoms with Crippen LogP contribution in [0.5, 0.6) is 5.75 Å². The van der Waals surface area contributed by atoms with Gasteiger partial charge in [-0.3, -0.25) is 9.69 Å². The number of thiazole rings is 1. The maximum Gasteiger partial charge on any atom is 0.229 e. The number of fused-ring (bicyclic) bond motifs is 1. The van der Waals surface area contributed by atoms with Gasteiger partial charge in [-0.1, -0.05) is 35.1 Å². The molecule has 2 aromatic carbocycles. The van der Waals surface area contributed by atoms with E-state index in [9.17, 15) is 4.79 Å². The quantitative estimate of drug-likeness (QED) is 0.357. The number of ether oxygens (including phenoxy) is 1. The highest BCUT2D eigenvalue weighted by Gasteiger charge is 2.20. The van der Waals surface area contributed by atoms with Crippen molar-refractivity contribution >= 4 is 44.4 Å². The van der Waals surface area contributed by atoms with Gasteiger partial charge in [-0.15, -0.1) is 11.8 Å². The molecule has 31 heavy (non-hydrogen) atoms. The van der Waals surface area contributed by atoms with Crippen LogP contribution in [0.2, 0.25) is 0 Å². The molecule has 1 aromatic heterocycles. The maximum absolute atomic E-state index is 13.2. The number of nitrogens with zero attached hydrogens (tertiary/aromatic N) is 3. The van der Waals surface area contributed by atoms with Crippen molar-refractivity contribution in [1.82, 2.24) is 9.88 Å². The Morgan fingerprint density at radius 3 is 2.61 bits per heavy atom. The fraction of sp³-hybridized carbons (Fsp3) is 0.417. The highest BCUT2D eigenvalue weighted by molar-refractivity contribution is 7.99. The number of carbonyl (C=O) groups is 1. The van der Waals surface area contributed by atoms with Crippen molar-refractivity contribution in [2.75, 3.05) is 44.4 Å². The van der Waals surface area contributed by atoms with E-state index in [-0.39, 0.29) is 5.91 Å². The number of carbonyl (C=O) groups excluding carboxylic acids is 1. The van der Waals surface area contributed by atoms with Gasteiger partial charge in [0, 0.05) is 23.6 Å². The summed E-state index contributed by atoms with van der Waals surface area (Å²) in [5.41, 5.74) is 2.08. The number of aryl methyl sites for hydroxylation is 1. The summed E-state index contributed by atoms with van der Waals surface area (Å²) in [5, 5.41) is 0.756. The molecule has 0 atom stereocenters. The normalized spacial score (nSPS) is 11.3. The first-order chi connectivity index (χ1) is 15.0. The van der Waals surface area contributed by atoms with Gasteiger partial charge in [-0.25, -0.2) is 4.98 Å². The van der Waals surface area contributed by atoms with Gasteiger partial charge >= 0.3 is 0 Å². The monoisotopic (exact) mass is 457 g/mol. The lowest BCUT2D eigenvalue weighted by Crippen LogP contribution is -2.33. The molecule has 3 rings (SSSR count). The molecule has 3 aromatic rings. The van der Waals surface area contributed by atoms with Gasteiger partial charge in [0.2, 0.25) is 5.91 Å². The van der Waals surface area contributed by atoms with E-state index in [2.05, 4.69) is 50.2 Å². The topological polar surface area (TPSA) is 45.7 Å². The maximum atomic E-state index is 13.2. The summed E-state index contributed by atoms with van der Waals surface area (Å²) >= 11 is 3.28. The summed E-state index contributed by atoms with van der Waals surface area (Å²) < 4.78 is 6.78. The fourth-order valence-corrected chi connectivity index (χ4v) is 5.06. The van der Waals surface area contributed by atoms with E-state index in [0.29, 0.717) is 19.6 Å². The Morgan fingerprint density at radius 1 is 1.13 bits per heavy atom. The number of hydrogen-bond donors (Lipinski definition) is 0. The molecule has 0 aliphatic heterocycles. The molecule has 0 bridgehead atoms. The lowest BCUT2D eigenvalue weighted by molar-refractivity contribution is -0.118. The van der Waals surface area contributed by atoms with Gasteiger partial charge in [-0.05, 0) is 65.2 Å². The summed E-state index contributed by atoms with van der Waals surface area (Å²) in [6.45, 7) is 6.23. The minimum absolute atomic E-state index is 0.121. The van der Waals surface area contributed by atoms with Crippen molar-refractivity contribution in [1.29, 1.82) is 0 Å². The lowest BCUT2D eigenvalue weighted by Gasteiger charge is -2.21. The second-order valence-corrected chi connectivity index (χ2v) is 9.82. The van der Waals surface area contributed by atoms with Crippen molar-refractivity contribution in [3.8, 4) is 5.75 Å². The predicted molar refractivity (Wildman–Crippen MR) is 133 cm³/mol. The molecule has 0 aliphatic carbocycles. The van der Waals surface area contributed by atoms with Gasteiger partial charge in [0.05, 0.1) is 11.3 Å². The number of thioether (sulfide) groups is 1. The Morgan fingerprint density at radius 2 is 1.90 bits per heavy atom. The van der Waals surface area contributed by atoms with E-state index in [1.807, 2.05) is 30.0 Å². The van der Waals surface area contributed by atoms with E-state index in [1.54, 1.807) is 23.1 Å². The Bertz CT molecular complexity index is 986. The second-order valence-electron chi connectivity index (χ2n) is 7.65. The molecule has 0 N–H and O–H groups in total. The summed E-state index contributed by atoms with van der Waals surface area (Å²) in [6, 6.07) is 14.4. The molecule has 0 saturated heterocycles. The molecular weight excluding hydrogens is 426 g/mol. The average molecular weight is 458 g/mol. The van der Waals surface area contributed by atoms with Crippen LogP contribution in [-0.2, 0) is 4.79 Å². The molecule has 7 heteroatoms. The molecule has 166 valence electrons. The first-order valence-electron chi connectivity index (χ1n) is 10.6. The fourth-order valence-electron chi connectivity index (χ4n) is 3.20. The van der Waals surface area contributed by atoms with Crippen molar-refractivity contribution in [3.63, 3.8) is 0 Å². The third-order valence-corrected chi connectivity index (χ3v) is 6.85. The number of rotatable bonds is 11. The van der Waals surface area contributed by atoms with Gasteiger partial charge in [0.15, 0.2) is 5.13 Å². The van der Waals surface area contributed by atoms with E-state index in [0.717, 1.165) is 39.8 Å². The van der Waals surface area contributed by atoms with Crippen LogP contribution in [0.1, 0.15) is 25.3 Å². The van der Waals surface area contributed by atoms with Crippen LogP contribution in [-0.4, -0.2) is 55.3 Å². The van der Waals surface area contributed by atoms with E-state index in [1.165, 1.54) is 10.5 Å². The Labute approximate surface area is 193 Å². The smallest absolute Gasteiger partial charge is 0.229 e. The van der Waals surface area contributed by atoms with Crippen LogP contribution in [0.4, 0.5) is 5.13 Å². The second kappa shape index (κ2) is 11.5. The number of aromatic nitrogens is 1. The van der Waals surface area contributed by atoms with E-state index < -0.39 is 0 Å². The summed E-state index contributed by atoms with van der Waals surface area (Å²) in [7, 11) is 4.10. The van der Waals surface area contributed by atoms with Crippen molar-refractivity contribution < 1.29 is 9.53 Å². The Hall–Kier alpha value is -2.09. The van der Waals surface area contributed by atoms with Crippen LogP contribution in [0.3, 0.4) is 0 Å². The van der Waals surface area contributed by atoms with Crippen LogP contribution in [0.25, 0.3) is 10.2 Å². The summed E-state index contributed by atoms with van der Waals surface area (Å²) in [4.78, 5) is 23.2. The molecule has 0 spiro atoms. The first-order valence-corrected chi connectivity index (χ1v) is 12.4. The summed E-state index contributed by atoms with van der Waals surface area (Å²) in [5.74, 6) is 1.65. The molecule has 1 heterocycles. The SMILES string of the molecule is CCOc1cccc2sc(N(CCCN(C)C)C(=O)CCSc3ccc(C)cc3)nc12. The number of amides is 1. The molecule has 0 radical (unpaired) electrons. The third kappa shape index (κ3) is 6.69. The molecule has 5 nitrogen and oxygen atoms in total. The average Bonchev–Trinajstić information content (AvgIpc) is 3.17. The summed E-state index contributed by atoms with van der Waals surface area (Å²) in [6.07, 6.45) is 1.38. The molecule has 0 fully saturated rings. The Kier molecular flexibility index (Phi) is 8.75. The van der Waals surface area contributed by atoms with E-state index in [4.69, 9.17) is 9.72 Å². The molecule has 0 saturated carbocycles. The number of para-hydroxylation sites is 1. The highest BCUT2D eigenvalue weighted by atomic mass is 32.2. The molecule has 0 aliphatic rings. The van der Waals surface area contributed by atoms with Crippen LogP contribution in [0, 0.1) is 6.92 Å². The zero-order valence-corrected chi connectivity index (χ0v) is 20.4. The van der Waals surface area contributed by atoms with Gasteiger partial charge in [-0.2, -0.15) is 0 Å². The van der Waals surface area contributed by atoms with Crippen molar-refractivity contribution in [2.24, 2.45) is 0 Å². The van der Waals surface area contributed by atoms with Crippen LogP contribution < -0.4 is 9.64 Å². The van der Waals surface area contributed by atoms with Crippen molar-refractivity contribution in [2.45, 2.75) is 31.6 Å². The van der Waals surface area contributed by atoms with Gasteiger partial charge < -0.3 is 9.64 Å². The Balaban J connectivity index is 1.73. The van der Waals surface area contributed by atoms with Crippen LogP contribution in [0.15, 0.2) is 47.4 Å².